The Balaban J connectivity index is 2.78. The third kappa shape index (κ3) is 4.62. The first kappa shape index (κ1) is 16.1. The molecule has 1 rings (SSSR count). The number of nitrogens with zero attached hydrogens (tertiary/aromatic N) is 1. The highest BCUT2D eigenvalue weighted by Gasteiger charge is 2.25. The maximum atomic E-state index is 12.3. The maximum Gasteiger partial charge on any atom is 0.239 e. The monoisotopic (exact) mass is 293 g/mol. The van der Waals surface area contributed by atoms with E-state index in [9.17, 15) is 9.59 Å². The molecule has 0 radical (unpaired) electrons. The van der Waals surface area contributed by atoms with E-state index in [4.69, 9.17) is 18.0 Å². The number of nitrogens with two attached hydrogens (primary N) is 1. The summed E-state index contributed by atoms with van der Waals surface area (Å²) in [7, 11) is 3.09. The molecule has 5 nitrogen and oxygen atoms in total. The smallest absolute Gasteiger partial charge is 0.239 e. The minimum Gasteiger partial charge on any atom is -0.393 e. The number of likely N-dealkylation sites (N-methyl/N-ethyl adjacent to an activating group) is 2. The lowest BCUT2D eigenvalue weighted by atomic mass is 9.98. The van der Waals surface area contributed by atoms with Crippen LogP contribution in [-0.4, -0.2) is 42.3 Å². The van der Waals surface area contributed by atoms with Crippen molar-refractivity contribution in [3.63, 3.8) is 0 Å². The second-order valence-electron chi connectivity index (χ2n) is 4.51. The molecule has 0 fully saturated rings. The molecule has 2 amide bonds. The van der Waals surface area contributed by atoms with Crippen molar-refractivity contribution in [1.29, 1.82) is 0 Å². The van der Waals surface area contributed by atoms with Crippen LogP contribution in [0.1, 0.15) is 5.56 Å². The second kappa shape index (κ2) is 7.59. The molecule has 3 N–H and O–H groups in total. The Hall–Kier alpha value is -1.95. The van der Waals surface area contributed by atoms with E-state index in [1.165, 1.54) is 11.9 Å². The van der Waals surface area contributed by atoms with E-state index in [2.05, 4.69) is 5.32 Å². The van der Waals surface area contributed by atoms with Gasteiger partial charge >= 0.3 is 0 Å². The Morgan fingerprint density at radius 2 is 1.95 bits per heavy atom. The van der Waals surface area contributed by atoms with Crippen molar-refractivity contribution in [2.45, 2.75) is 6.42 Å². The van der Waals surface area contributed by atoms with Gasteiger partial charge in [-0.15, -0.1) is 0 Å². The van der Waals surface area contributed by atoms with Gasteiger partial charge in [0.25, 0.3) is 0 Å². The number of rotatable bonds is 6. The zero-order valence-corrected chi connectivity index (χ0v) is 12.4. The van der Waals surface area contributed by atoms with E-state index in [-0.39, 0.29) is 23.3 Å². The van der Waals surface area contributed by atoms with E-state index in [0.717, 1.165) is 5.56 Å². The number of thiocarbonyl (C=S) groups is 1. The zero-order valence-electron chi connectivity index (χ0n) is 11.6. The average molecular weight is 293 g/mol. The van der Waals surface area contributed by atoms with Gasteiger partial charge in [-0.1, -0.05) is 42.5 Å². The first-order chi connectivity index (χ1) is 9.45. The number of nitrogens with one attached hydrogen (secondary N) is 1. The van der Waals surface area contributed by atoms with Crippen molar-refractivity contribution < 1.29 is 9.59 Å². The van der Waals surface area contributed by atoms with Crippen LogP contribution >= 0.6 is 12.2 Å². The van der Waals surface area contributed by atoms with E-state index in [1.807, 2.05) is 30.3 Å². The molecule has 6 heteroatoms. The van der Waals surface area contributed by atoms with Crippen LogP contribution < -0.4 is 11.1 Å². The molecule has 1 unspecified atom stereocenters. The summed E-state index contributed by atoms with van der Waals surface area (Å²) in [6, 6.07) is 9.52. The van der Waals surface area contributed by atoms with Crippen LogP contribution in [0.5, 0.6) is 0 Å². The van der Waals surface area contributed by atoms with Gasteiger partial charge < -0.3 is 16.0 Å². The van der Waals surface area contributed by atoms with E-state index >= 15 is 0 Å². The average Bonchev–Trinajstić information content (AvgIpc) is 2.44. The van der Waals surface area contributed by atoms with Crippen molar-refractivity contribution in [2.75, 3.05) is 20.6 Å². The Morgan fingerprint density at radius 1 is 1.35 bits per heavy atom. The fourth-order valence-electron chi connectivity index (χ4n) is 1.80. The summed E-state index contributed by atoms with van der Waals surface area (Å²) in [4.78, 5) is 25.1. The minimum absolute atomic E-state index is 0.0107. The van der Waals surface area contributed by atoms with Gasteiger partial charge in [0.15, 0.2) is 0 Å². The summed E-state index contributed by atoms with van der Waals surface area (Å²) in [5.74, 6) is -1.07. The lowest BCUT2D eigenvalue weighted by Crippen LogP contribution is -2.44. The number of carbonyl (C=O) groups excluding carboxylic acids is 2. The summed E-state index contributed by atoms with van der Waals surface area (Å²) in [6.07, 6.45) is 0.438. The van der Waals surface area contributed by atoms with Gasteiger partial charge in [0.05, 0.1) is 17.5 Å². The molecule has 0 spiro atoms. The Labute approximate surface area is 124 Å². The first-order valence-corrected chi connectivity index (χ1v) is 6.65. The van der Waals surface area contributed by atoms with Crippen molar-refractivity contribution in [2.24, 2.45) is 11.7 Å². The van der Waals surface area contributed by atoms with Gasteiger partial charge in [0, 0.05) is 14.1 Å². The van der Waals surface area contributed by atoms with Gasteiger partial charge in [-0.3, -0.25) is 9.59 Å². The van der Waals surface area contributed by atoms with Gasteiger partial charge in [-0.25, -0.2) is 0 Å². The molecule has 108 valence electrons. The highest BCUT2D eigenvalue weighted by Crippen LogP contribution is 2.12. The summed E-state index contributed by atoms with van der Waals surface area (Å²) < 4.78 is 0. The molecule has 0 saturated heterocycles. The number of amides is 2. The molecular formula is C14H19N3O2S. The molecule has 20 heavy (non-hydrogen) atoms. The predicted molar refractivity (Wildman–Crippen MR) is 82.1 cm³/mol. The largest absolute Gasteiger partial charge is 0.393 e. The van der Waals surface area contributed by atoms with Crippen LogP contribution in [0.15, 0.2) is 30.3 Å². The van der Waals surface area contributed by atoms with Crippen molar-refractivity contribution in [1.82, 2.24) is 10.2 Å². The lowest BCUT2D eigenvalue weighted by molar-refractivity contribution is -0.136. The maximum absolute atomic E-state index is 12.3. The minimum atomic E-state index is -0.595. The molecule has 0 heterocycles. The Bertz CT molecular complexity index is 490. The zero-order chi connectivity index (χ0) is 15.1. The standard InChI is InChI=1S/C14H19N3O2S/c1-16-12(18)9-17(2)14(19)11(13(15)20)8-10-6-4-3-5-7-10/h3-7,11H,8-9H2,1-2H3,(H2,15,20)(H,16,18). The van der Waals surface area contributed by atoms with E-state index < -0.39 is 5.92 Å². The summed E-state index contributed by atoms with van der Waals surface area (Å²) in [5, 5.41) is 2.47. The fraction of sp³-hybridized carbons (Fsp3) is 0.357. The van der Waals surface area contributed by atoms with Crippen LogP contribution in [0, 0.1) is 5.92 Å². The molecule has 0 bridgehead atoms. The quantitative estimate of drug-likeness (QED) is 0.742. The summed E-state index contributed by atoms with van der Waals surface area (Å²) in [6.45, 7) is -0.0107. The van der Waals surface area contributed by atoms with Crippen molar-refractivity contribution in [3.8, 4) is 0 Å². The number of hydrogen-bond donors (Lipinski definition) is 2. The number of hydrogen-bond acceptors (Lipinski definition) is 3. The molecule has 0 aliphatic heterocycles. The summed E-state index contributed by atoms with van der Waals surface area (Å²) >= 11 is 4.98. The number of benzene rings is 1. The molecule has 0 saturated carbocycles. The Morgan fingerprint density at radius 3 is 2.45 bits per heavy atom. The van der Waals surface area contributed by atoms with Gasteiger partial charge in [-0.05, 0) is 12.0 Å². The Kier molecular flexibility index (Phi) is 6.11. The third-order valence-electron chi connectivity index (χ3n) is 2.96. The van der Waals surface area contributed by atoms with Crippen LogP contribution in [0.2, 0.25) is 0 Å². The van der Waals surface area contributed by atoms with Crippen molar-refractivity contribution in [3.05, 3.63) is 35.9 Å². The first-order valence-electron chi connectivity index (χ1n) is 6.24. The topological polar surface area (TPSA) is 75.4 Å². The molecule has 1 aromatic rings. The summed E-state index contributed by atoms with van der Waals surface area (Å²) in [5.41, 5.74) is 6.65. The number of carbonyl (C=O) groups is 2. The molecule has 0 aliphatic carbocycles. The molecule has 1 atom stereocenters. The predicted octanol–water partition coefficient (Wildman–Crippen LogP) is 0.336. The highest BCUT2D eigenvalue weighted by atomic mass is 32.1. The van der Waals surface area contributed by atoms with Crippen LogP contribution in [-0.2, 0) is 16.0 Å². The van der Waals surface area contributed by atoms with E-state index in [0.29, 0.717) is 6.42 Å². The highest BCUT2D eigenvalue weighted by molar-refractivity contribution is 7.80. The molecule has 1 aromatic carbocycles. The van der Waals surface area contributed by atoms with Crippen LogP contribution in [0.25, 0.3) is 0 Å². The lowest BCUT2D eigenvalue weighted by Gasteiger charge is -2.22. The fourth-order valence-corrected chi connectivity index (χ4v) is 1.98. The molecule has 0 aliphatic rings. The van der Waals surface area contributed by atoms with Gasteiger partial charge in [0.1, 0.15) is 0 Å². The van der Waals surface area contributed by atoms with Crippen LogP contribution in [0.3, 0.4) is 0 Å². The third-order valence-corrected chi connectivity index (χ3v) is 3.24. The van der Waals surface area contributed by atoms with Gasteiger partial charge in [0.2, 0.25) is 11.8 Å². The van der Waals surface area contributed by atoms with Crippen LogP contribution in [0.4, 0.5) is 0 Å². The van der Waals surface area contributed by atoms with Gasteiger partial charge in [-0.2, -0.15) is 0 Å². The SMILES string of the molecule is CNC(=O)CN(C)C(=O)C(Cc1ccccc1)C(N)=S. The molecular weight excluding hydrogens is 274 g/mol. The molecule has 0 aromatic heterocycles. The van der Waals surface area contributed by atoms with E-state index in [1.54, 1.807) is 7.05 Å². The second-order valence-corrected chi connectivity index (χ2v) is 4.98. The normalized spacial score (nSPS) is 11.5. The van der Waals surface area contributed by atoms with Crippen molar-refractivity contribution >= 4 is 29.0 Å².